The highest BCUT2D eigenvalue weighted by Crippen LogP contribution is 2.19. The van der Waals surface area contributed by atoms with E-state index in [1.165, 1.54) is 0 Å². The van der Waals surface area contributed by atoms with E-state index >= 15 is 0 Å². The maximum Gasteiger partial charge on any atom is 0.223 e. The molecule has 2 atom stereocenters. The van der Waals surface area contributed by atoms with Crippen molar-refractivity contribution >= 4 is 5.91 Å². The minimum Gasteiger partial charge on any atom is -0.396 e. The van der Waals surface area contributed by atoms with Crippen LogP contribution in [0.25, 0.3) is 0 Å². The van der Waals surface area contributed by atoms with E-state index in [1.54, 1.807) is 4.90 Å². The molecule has 0 aromatic heterocycles. The van der Waals surface area contributed by atoms with Crippen molar-refractivity contribution in [3.05, 3.63) is 0 Å². The molecule has 1 rings (SSSR count). The molecule has 1 heterocycles. The van der Waals surface area contributed by atoms with Crippen molar-refractivity contribution in [1.29, 1.82) is 0 Å². The van der Waals surface area contributed by atoms with E-state index in [2.05, 4.69) is 0 Å². The monoisotopic (exact) mass is 230 g/mol. The molecule has 94 valence electrons. The lowest BCUT2D eigenvalue weighted by Gasteiger charge is -2.26. The van der Waals surface area contributed by atoms with Crippen LogP contribution in [0.2, 0.25) is 0 Å². The van der Waals surface area contributed by atoms with E-state index in [0.29, 0.717) is 25.8 Å². The van der Waals surface area contributed by atoms with E-state index in [4.69, 9.17) is 5.11 Å². The Morgan fingerprint density at radius 3 is 2.75 bits per heavy atom. The third-order valence-corrected chi connectivity index (χ3v) is 2.84. The number of carbonyl (C=O) groups is 1. The van der Waals surface area contributed by atoms with Crippen molar-refractivity contribution in [3.8, 4) is 0 Å². The number of aliphatic hydroxyl groups excluding tert-OH is 2. The van der Waals surface area contributed by atoms with Crippen LogP contribution in [0.5, 0.6) is 0 Å². The molecule has 2 unspecified atom stereocenters. The normalized spacial score (nSPS) is 25.4. The van der Waals surface area contributed by atoms with Gasteiger partial charge in [-0.1, -0.05) is 0 Å². The molecule has 5 heteroatoms. The van der Waals surface area contributed by atoms with Crippen molar-refractivity contribution in [2.45, 2.75) is 31.4 Å². The molecule has 16 heavy (non-hydrogen) atoms. The van der Waals surface area contributed by atoms with Gasteiger partial charge in [0.25, 0.3) is 0 Å². The Hall–Kier alpha value is -0.650. The Balaban J connectivity index is 2.51. The van der Waals surface area contributed by atoms with Gasteiger partial charge in [-0.2, -0.15) is 0 Å². The van der Waals surface area contributed by atoms with Crippen molar-refractivity contribution in [2.24, 2.45) is 0 Å². The van der Waals surface area contributed by atoms with Crippen LogP contribution in [-0.2, 0) is 4.79 Å². The first-order chi connectivity index (χ1) is 7.54. The first-order valence-electron chi connectivity index (χ1n) is 5.77. The zero-order valence-corrected chi connectivity index (χ0v) is 10.1. The van der Waals surface area contributed by atoms with E-state index < -0.39 is 6.10 Å². The minimum atomic E-state index is -0.400. The van der Waals surface area contributed by atoms with Crippen LogP contribution in [0.3, 0.4) is 0 Å². The Morgan fingerprint density at radius 1 is 1.50 bits per heavy atom. The smallest absolute Gasteiger partial charge is 0.223 e. The molecular formula is C11H22N2O3. The Labute approximate surface area is 96.7 Å². The van der Waals surface area contributed by atoms with Gasteiger partial charge < -0.3 is 20.0 Å². The number of β-amino-alcohol motifs (C(OH)–C–C–N with tert-alkyl or cyclic N) is 1. The van der Waals surface area contributed by atoms with Crippen molar-refractivity contribution in [1.82, 2.24) is 9.80 Å². The molecule has 1 saturated heterocycles. The lowest BCUT2D eigenvalue weighted by molar-refractivity contribution is -0.132. The van der Waals surface area contributed by atoms with Gasteiger partial charge in [0.05, 0.1) is 6.10 Å². The van der Waals surface area contributed by atoms with Crippen molar-refractivity contribution in [2.75, 3.05) is 33.8 Å². The molecule has 1 aliphatic rings. The third-order valence-electron chi connectivity index (χ3n) is 2.84. The summed E-state index contributed by atoms with van der Waals surface area (Å²) in [5.41, 5.74) is 0. The van der Waals surface area contributed by atoms with Crippen molar-refractivity contribution in [3.63, 3.8) is 0 Å². The second kappa shape index (κ2) is 6.18. The number of likely N-dealkylation sites (N-methyl/N-ethyl adjacent to an activating group) is 1. The molecule has 0 spiro atoms. The van der Waals surface area contributed by atoms with Gasteiger partial charge in [-0.15, -0.1) is 0 Å². The summed E-state index contributed by atoms with van der Waals surface area (Å²) in [5, 5.41) is 18.3. The van der Waals surface area contributed by atoms with Gasteiger partial charge in [0.2, 0.25) is 5.91 Å². The summed E-state index contributed by atoms with van der Waals surface area (Å²) in [6.07, 6.45) is 1.12. The first kappa shape index (κ1) is 13.4. The van der Waals surface area contributed by atoms with E-state index in [1.807, 2.05) is 19.0 Å². The number of rotatable bonds is 5. The molecular weight excluding hydrogens is 208 g/mol. The van der Waals surface area contributed by atoms with E-state index in [-0.39, 0.29) is 18.6 Å². The maximum absolute atomic E-state index is 11.8. The van der Waals surface area contributed by atoms with Crippen LogP contribution in [0.15, 0.2) is 0 Å². The molecule has 1 aliphatic heterocycles. The van der Waals surface area contributed by atoms with Gasteiger partial charge in [-0.05, 0) is 26.9 Å². The van der Waals surface area contributed by atoms with Gasteiger partial charge in [0.1, 0.15) is 0 Å². The van der Waals surface area contributed by atoms with Gasteiger partial charge in [0.15, 0.2) is 0 Å². The number of hydrogen-bond donors (Lipinski definition) is 2. The zero-order chi connectivity index (χ0) is 12.1. The highest BCUT2D eigenvalue weighted by molar-refractivity contribution is 5.77. The predicted molar refractivity (Wildman–Crippen MR) is 61.0 cm³/mol. The van der Waals surface area contributed by atoms with Gasteiger partial charge >= 0.3 is 0 Å². The van der Waals surface area contributed by atoms with Crippen LogP contribution in [0, 0.1) is 0 Å². The Kier molecular flexibility index (Phi) is 5.18. The highest BCUT2D eigenvalue weighted by atomic mass is 16.3. The lowest BCUT2D eigenvalue weighted by atomic mass is 10.2. The molecule has 1 fully saturated rings. The summed E-state index contributed by atoms with van der Waals surface area (Å²) >= 11 is 0. The minimum absolute atomic E-state index is 0.0393. The second-order valence-corrected chi connectivity index (χ2v) is 4.68. The SMILES string of the molecule is CN(C)CC1CC(O)CN1C(=O)CCCO. The zero-order valence-electron chi connectivity index (χ0n) is 10.1. The van der Waals surface area contributed by atoms with Crippen LogP contribution in [0.1, 0.15) is 19.3 Å². The van der Waals surface area contributed by atoms with E-state index in [0.717, 1.165) is 6.54 Å². The van der Waals surface area contributed by atoms with Crippen LogP contribution in [0.4, 0.5) is 0 Å². The maximum atomic E-state index is 11.8. The van der Waals surface area contributed by atoms with Gasteiger partial charge in [-0.3, -0.25) is 4.79 Å². The first-order valence-corrected chi connectivity index (χ1v) is 5.77. The van der Waals surface area contributed by atoms with Gasteiger partial charge in [-0.25, -0.2) is 0 Å². The average Bonchev–Trinajstić information content (AvgIpc) is 2.55. The summed E-state index contributed by atoms with van der Waals surface area (Å²) in [5.74, 6) is 0.0393. The second-order valence-electron chi connectivity index (χ2n) is 4.68. The predicted octanol–water partition coefficient (Wildman–Crippen LogP) is -0.718. The molecule has 5 nitrogen and oxygen atoms in total. The summed E-state index contributed by atoms with van der Waals surface area (Å²) in [6.45, 7) is 1.26. The molecule has 0 saturated carbocycles. The highest BCUT2D eigenvalue weighted by Gasteiger charge is 2.33. The number of nitrogens with zero attached hydrogens (tertiary/aromatic N) is 2. The fourth-order valence-corrected chi connectivity index (χ4v) is 2.17. The number of likely N-dealkylation sites (tertiary alicyclic amines) is 1. The third kappa shape index (κ3) is 3.73. The quantitative estimate of drug-likeness (QED) is 0.654. The average molecular weight is 230 g/mol. The van der Waals surface area contributed by atoms with Crippen LogP contribution < -0.4 is 0 Å². The topological polar surface area (TPSA) is 64.0 Å². The van der Waals surface area contributed by atoms with Crippen molar-refractivity contribution < 1.29 is 15.0 Å². The largest absolute Gasteiger partial charge is 0.396 e. The molecule has 2 N–H and O–H groups in total. The van der Waals surface area contributed by atoms with E-state index in [9.17, 15) is 9.90 Å². The molecule has 0 bridgehead atoms. The fraction of sp³-hybridized carbons (Fsp3) is 0.909. The fourth-order valence-electron chi connectivity index (χ4n) is 2.17. The molecule has 1 amide bonds. The number of carbonyl (C=O) groups excluding carboxylic acids is 1. The lowest BCUT2D eigenvalue weighted by Crippen LogP contribution is -2.41. The Bertz CT molecular complexity index is 233. The Morgan fingerprint density at radius 2 is 2.19 bits per heavy atom. The summed E-state index contributed by atoms with van der Waals surface area (Å²) in [7, 11) is 3.92. The molecule has 0 aliphatic carbocycles. The molecule has 0 aromatic rings. The summed E-state index contributed by atoms with van der Waals surface area (Å²) in [6, 6.07) is 0.108. The molecule has 0 radical (unpaired) electrons. The molecule has 0 aromatic carbocycles. The standard InChI is InChI=1S/C11H22N2O3/c1-12(2)7-9-6-10(15)8-13(9)11(16)4-3-5-14/h9-10,14-15H,3-8H2,1-2H3. The number of amides is 1. The van der Waals surface area contributed by atoms with Crippen LogP contribution in [-0.4, -0.2) is 71.9 Å². The number of hydrogen-bond acceptors (Lipinski definition) is 4. The number of aliphatic hydroxyl groups is 2. The van der Waals surface area contributed by atoms with Gasteiger partial charge in [0, 0.05) is 32.2 Å². The summed E-state index contributed by atoms with van der Waals surface area (Å²) in [4.78, 5) is 15.6. The van der Waals surface area contributed by atoms with Crippen LogP contribution >= 0.6 is 0 Å². The summed E-state index contributed by atoms with van der Waals surface area (Å²) < 4.78 is 0.